The molecule has 0 amide bonds. The second kappa shape index (κ2) is 6.05. The minimum atomic E-state index is -0.342. The molecule has 0 aliphatic heterocycles. The van der Waals surface area contributed by atoms with Crippen LogP contribution in [0.25, 0.3) is 0 Å². The van der Waals surface area contributed by atoms with Crippen LogP contribution in [0, 0.1) is 0 Å². The summed E-state index contributed by atoms with van der Waals surface area (Å²) in [6.07, 6.45) is 1.77. The average Bonchev–Trinajstić information content (AvgIpc) is 2.66. The van der Waals surface area contributed by atoms with Crippen LogP contribution in [0.5, 0.6) is 17.2 Å². The molecule has 0 saturated heterocycles. The predicted molar refractivity (Wildman–Crippen MR) is 106 cm³/mol. The first-order valence-corrected chi connectivity index (χ1v) is 9.26. The smallest absolute Gasteiger partial charge is 0.119 e. The summed E-state index contributed by atoms with van der Waals surface area (Å²) in [5.74, 6) is 0.792. The Bertz CT molecular complexity index is 976. The molecule has 3 heteroatoms. The number of phenolic OH excluding ortho intramolecular Hbond substituents is 3. The van der Waals surface area contributed by atoms with E-state index in [4.69, 9.17) is 0 Å². The highest BCUT2D eigenvalue weighted by molar-refractivity contribution is 5.58. The van der Waals surface area contributed by atoms with E-state index in [-0.39, 0.29) is 22.3 Å². The fraction of sp³-hybridized carbons (Fsp3) is 0.250. The van der Waals surface area contributed by atoms with E-state index < -0.39 is 0 Å². The number of rotatable bonds is 2. The second-order valence-corrected chi connectivity index (χ2v) is 7.96. The molecule has 0 radical (unpaired) electrons. The van der Waals surface area contributed by atoms with E-state index >= 15 is 0 Å². The van der Waals surface area contributed by atoms with Crippen LogP contribution >= 0.6 is 0 Å². The summed E-state index contributed by atoms with van der Waals surface area (Å²) in [4.78, 5) is 0. The first kappa shape index (κ1) is 17.5. The van der Waals surface area contributed by atoms with E-state index in [1.54, 1.807) is 30.3 Å². The molecule has 0 heterocycles. The van der Waals surface area contributed by atoms with Gasteiger partial charge in [0.25, 0.3) is 0 Å². The highest BCUT2D eigenvalue weighted by Crippen LogP contribution is 2.54. The summed E-state index contributed by atoms with van der Waals surface area (Å²) >= 11 is 0. The molecule has 2 unspecified atom stereocenters. The second-order valence-electron chi connectivity index (χ2n) is 7.96. The van der Waals surface area contributed by atoms with Crippen molar-refractivity contribution in [2.24, 2.45) is 0 Å². The minimum Gasteiger partial charge on any atom is -0.508 e. The summed E-state index contributed by atoms with van der Waals surface area (Å²) < 4.78 is 0. The molecule has 4 rings (SSSR count). The molecule has 1 aliphatic rings. The van der Waals surface area contributed by atoms with Crippen LogP contribution in [-0.4, -0.2) is 15.3 Å². The van der Waals surface area contributed by atoms with Crippen molar-refractivity contribution in [3.05, 3.63) is 89.0 Å². The Hall–Kier alpha value is -2.94. The maximum atomic E-state index is 10.8. The van der Waals surface area contributed by atoms with Crippen LogP contribution < -0.4 is 0 Å². The van der Waals surface area contributed by atoms with Crippen LogP contribution in [0.2, 0.25) is 0 Å². The summed E-state index contributed by atoms with van der Waals surface area (Å²) in [6, 6.07) is 20.4. The SMILES string of the molecule is CC1(c2ccc(O)cc2)CCC(C)(c2ccc(O)cc2)c2c(O)cccc21. The molecule has 0 bridgehead atoms. The van der Waals surface area contributed by atoms with Crippen LogP contribution in [0.1, 0.15) is 48.9 Å². The number of hydrogen-bond acceptors (Lipinski definition) is 3. The van der Waals surface area contributed by atoms with Crippen molar-refractivity contribution < 1.29 is 15.3 Å². The van der Waals surface area contributed by atoms with Crippen molar-refractivity contribution in [3.63, 3.8) is 0 Å². The number of aromatic hydroxyl groups is 3. The molecule has 0 aromatic heterocycles. The fourth-order valence-electron chi connectivity index (χ4n) is 4.59. The molecule has 3 nitrogen and oxygen atoms in total. The largest absolute Gasteiger partial charge is 0.508 e. The Morgan fingerprint density at radius 2 is 1.11 bits per heavy atom. The normalized spacial score (nSPS) is 24.4. The fourth-order valence-corrected chi connectivity index (χ4v) is 4.59. The van der Waals surface area contributed by atoms with Gasteiger partial charge in [0, 0.05) is 16.4 Å². The topological polar surface area (TPSA) is 60.7 Å². The summed E-state index contributed by atoms with van der Waals surface area (Å²) in [7, 11) is 0. The van der Waals surface area contributed by atoms with Gasteiger partial charge in [0.1, 0.15) is 17.2 Å². The van der Waals surface area contributed by atoms with Crippen molar-refractivity contribution in [2.75, 3.05) is 0 Å². The molecule has 2 atom stereocenters. The maximum absolute atomic E-state index is 10.8. The Morgan fingerprint density at radius 3 is 1.67 bits per heavy atom. The molecule has 1 aliphatic carbocycles. The molecular weight excluding hydrogens is 336 g/mol. The summed E-state index contributed by atoms with van der Waals surface area (Å²) in [6.45, 7) is 4.36. The summed E-state index contributed by atoms with van der Waals surface area (Å²) in [5.41, 5.74) is 3.66. The van der Waals surface area contributed by atoms with Crippen LogP contribution in [-0.2, 0) is 10.8 Å². The van der Waals surface area contributed by atoms with E-state index in [0.717, 1.165) is 35.1 Å². The molecule has 3 aromatic rings. The minimum absolute atomic E-state index is 0.240. The van der Waals surface area contributed by atoms with Crippen molar-refractivity contribution in [1.82, 2.24) is 0 Å². The molecule has 0 fully saturated rings. The molecule has 0 spiro atoms. The van der Waals surface area contributed by atoms with E-state index in [9.17, 15) is 15.3 Å². The van der Waals surface area contributed by atoms with E-state index in [0.29, 0.717) is 5.75 Å². The monoisotopic (exact) mass is 360 g/mol. The van der Waals surface area contributed by atoms with Gasteiger partial charge in [0.15, 0.2) is 0 Å². The van der Waals surface area contributed by atoms with Gasteiger partial charge >= 0.3 is 0 Å². The van der Waals surface area contributed by atoms with Crippen LogP contribution in [0.15, 0.2) is 66.7 Å². The molecule has 0 saturated carbocycles. The van der Waals surface area contributed by atoms with Gasteiger partial charge in [-0.1, -0.05) is 50.2 Å². The highest BCUT2D eigenvalue weighted by Gasteiger charge is 2.45. The zero-order chi connectivity index (χ0) is 19.2. The lowest BCUT2D eigenvalue weighted by molar-refractivity contribution is 0.349. The lowest BCUT2D eigenvalue weighted by Gasteiger charge is -2.46. The third-order valence-corrected chi connectivity index (χ3v) is 6.32. The lowest BCUT2D eigenvalue weighted by Crippen LogP contribution is -2.38. The van der Waals surface area contributed by atoms with E-state index in [1.807, 2.05) is 30.3 Å². The molecule has 138 valence electrons. The Balaban J connectivity index is 1.93. The Morgan fingerprint density at radius 1 is 0.630 bits per heavy atom. The van der Waals surface area contributed by atoms with Crippen molar-refractivity contribution >= 4 is 0 Å². The maximum Gasteiger partial charge on any atom is 0.119 e. The summed E-state index contributed by atoms with van der Waals surface area (Å²) in [5, 5.41) is 30.2. The van der Waals surface area contributed by atoms with Crippen molar-refractivity contribution in [1.29, 1.82) is 0 Å². The first-order chi connectivity index (χ1) is 12.8. The standard InChI is InChI=1S/C24H24O3/c1-23(16-6-10-18(25)11-7-16)14-15-24(2,17-8-12-19(26)13-9-17)22-20(23)4-3-5-21(22)27/h3-13,25-27H,14-15H2,1-2H3. The Kier molecular flexibility index (Phi) is 3.92. The lowest BCUT2D eigenvalue weighted by atomic mass is 9.57. The quantitative estimate of drug-likeness (QED) is 0.588. The third-order valence-electron chi connectivity index (χ3n) is 6.32. The van der Waals surface area contributed by atoms with Crippen LogP contribution in [0.4, 0.5) is 0 Å². The zero-order valence-electron chi connectivity index (χ0n) is 15.6. The number of hydrogen-bond donors (Lipinski definition) is 3. The van der Waals surface area contributed by atoms with Crippen LogP contribution in [0.3, 0.4) is 0 Å². The molecule has 3 aromatic carbocycles. The predicted octanol–water partition coefficient (Wildman–Crippen LogP) is 5.21. The Labute approximate surface area is 159 Å². The average molecular weight is 360 g/mol. The van der Waals surface area contributed by atoms with E-state index in [2.05, 4.69) is 19.9 Å². The van der Waals surface area contributed by atoms with Gasteiger partial charge in [-0.25, -0.2) is 0 Å². The van der Waals surface area contributed by atoms with Gasteiger partial charge in [-0.3, -0.25) is 0 Å². The van der Waals surface area contributed by atoms with Crippen molar-refractivity contribution in [3.8, 4) is 17.2 Å². The van der Waals surface area contributed by atoms with Gasteiger partial charge in [-0.15, -0.1) is 0 Å². The number of phenols is 3. The van der Waals surface area contributed by atoms with Gasteiger partial charge in [-0.2, -0.15) is 0 Å². The van der Waals surface area contributed by atoms with E-state index in [1.165, 1.54) is 0 Å². The zero-order valence-corrected chi connectivity index (χ0v) is 15.6. The number of fused-ring (bicyclic) bond motifs is 1. The first-order valence-electron chi connectivity index (χ1n) is 9.26. The molecule has 27 heavy (non-hydrogen) atoms. The van der Waals surface area contributed by atoms with Gasteiger partial charge < -0.3 is 15.3 Å². The third kappa shape index (κ3) is 2.66. The van der Waals surface area contributed by atoms with Crippen molar-refractivity contribution in [2.45, 2.75) is 37.5 Å². The van der Waals surface area contributed by atoms with Gasteiger partial charge in [-0.05, 0) is 59.9 Å². The molecular formula is C24H24O3. The highest BCUT2D eigenvalue weighted by atomic mass is 16.3. The van der Waals surface area contributed by atoms with Gasteiger partial charge in [0.2, 0.25) is 0 Å². The molecule has 3 N–H and O–H groups in total. The van der Waals surface area contributed by atoms with Gasteiger partial charge in [0.05, 0.1) is 0 Å². The number of benzene rings is 3.